The largest absolute Gasteiger partial charge is 0.441 e. The number of aryl methyl sites for hydroxylation is 1. The average molecular weight is 390 g/mol. The highest BCUT2D eigenvalue weighted by atomic mass is 35.5. The number of nitrogens with two attached hydrogens (primary N) is 1. The molecule has 2 aromatic rings. The van der Waals surface area contributed by atoms with Crippen LogP contribution < -0.4 is 5.73 Å². The predicted octanol–water partition coefficient (Wildman–Crippen LogP) is 3.06. The number of carbonyl (C=O) groups excluding carboxylic acids is 1. The van der Waals surface area contributed by atoms with Crippen molar-refractivity contribution in [3.63, 3.8) is 0 Å². The minimum absolute atomic E-state index is 0. The van der Waals surface area contributed by atoms with Crippen molar-refractivity contribution >= 4 is 30.7 Å². The van der Waals surface area contributed by atoms with Crippen LogP contribution in [0.5, 0.6) is 0 Å². The molecule has 2 heterocycles. The molecule has 2 N–H and O–H groups in total. The van der Waals surface area contributed by atoms with Crippen molar-refractivity contribution < 1.29 is 13.6 Å². The van der Waals surface area contributed by atoms with E-state index in [0.29, 0.717) is 42.5 Å². The molecule has 1 fully saturated rings. The number of hydrogen-bond donors (Lipinski definition) is 1. The number of rotatable bonds is 5. The van der Waals surface area contributed by atoms with Crippen LogP contribution in [-0.2, 0) is 11.2 Å². The Hall–Kier alpha value is -1.63. The molecule has 0 bridgehead atoms. The first-order chi connectivity index (χ1) is 11.2. The van der Waals surface area contributed by atoms with Gasteiger partial charge in [-0.2, -0.15) is 0 Å². The molecule has 1 atom stereocenters. The van der Waals surface area contributed by atoms with E-state index in [1.54, 1.807) is 18.2 Å². The van der Waals surface area contributed by atoms with Crippen molar-refractivity contribution in [2.24, 2.45) is 11.7 Å². The van der Waals surface area contributed by atoms with Gasteiger partial charge in [-0.1, -0.05) is 12.1 Å². The van der Waals surface area contributed by atoms with Crippen LogP contribution in [0.3, 0.4) is 0 Å². The number of halogens is 3. The SMILES string of the molecule is Cl.Cl.NCC1CCN(C(=O)CCc2ncc(-c3ccccc3F)o2)C1. The Kier molecular flexibility index (Phi) is 8.35. The molecular weight excluding hydrogens is 368 g/mol. The summed E-state index contributed by atoms with van der Waals surface area (Å²) < 4.78 is 19.3. The normalized spacial score (nSPS) is 16.2. The molecule has 25 heavy (non-hydrogen) atoms. The highest BCUT2D eigenvalue weighted by molar-refractivity contribution is 5.85. The smallest absolute Gasteiger partial charge is 0.223 e. The van der Waals surface area contributed by atoms with Gasteiger partial charge < -0.3 is 15.1 Å². The fourth-order valence-electron chi connectivity index (χ4n) is 2.83. The quantitative estimate of drug-likeness (QED) is 0.852. The molecule has 1 aromatic heterocycles. The topological polar surface area (TPSA) is 72.4 Å². The van der Waals surface area contributed by atoms with Crippen molar-refractivity contribution in [1.82, 2.24) is 9.88 Å². The van der Waals surface area contributed by atoms with Gasteiger partial charge in [-0.25, -0.2) is 9.37 Å². The van der Waals surface area contributed by atoms with Crippen LogP contribution in [0.2, 0.25) is 0 Å². The van der Waals surface area contributed by atoms with Crippen LogP contribution in [-0.4, -0.2) is 35.4 Å². The summed E-state index contributed by atoms with van der Waals surface area (Å²) in [6.45, 7) is 2.13. The summed E-state index contributed by atoms with van der Waals surface area (Å²) in [5.41, 5.74) is 6.02. The third kappa shape index (κ3) is 5.17. The Balaban J connectivity index is 0.00000156. The van der Waals surface area contributed by atoms with Gasteiger partial charge >= 0.3 is 0 Å². The lowest BCUT2D eigenvalue weighted by Gasteiger charge is -2.15. The first-order valence-corrected chi connectivity index (χ1v) is 7.85. The second kappa shape index (κ2) is 9.75. The zero-order chi connectivity index (χ0) is 16.2. The minimum Gasteiger partial charge on any atom is -0.441 e. The Labute approximate surface area is 158 Å². The summed E-state index contributed by atoms with van der Waals surface area (Å²) in [4.78, 5) is 18.2. The van der Waals surface area contributed by atoms with Gasteiger partial charge in [0.15, 0.2) is 11.7 Å². The van der Waals surface area contributed by atoms with E-state index in [0.717, 1.165) is 19.5 Å². The summed E-state index contributed by atoms with van der Waals surface area (Å²) in [5, 5.41) is 0. The molecule has 0 aliphatic carbocycles. The van der Waals surface area contributed by atoms with Crippen molar-refractivity contribution in [2.45, 2.75) is 19.3 Å². The Morgan fingerprint density at radius 2 is 2.12 bits per heavy atom. The van der Waals surface area contributed by atoms with Crippen LogP contribution in [0.25, 0.3) is 11.3 Å². The summed E-state index contributed by atoms with van der Waals surface area (Å²) in [6.07, 6.45) is 3.22. The zero-order valence-electron chi connectivity index (χ0n) is 13.7. The molecule has 3 rings (SSSR count). The number of nitrogens with zero attached hydrogens (tertiary/aromatic N) is 2. The number of amides is 1. The van der Waals surface area contributed by atoms with Gasteiger partial charge in [-0.3, -0.25) is 4.79 Å². The minimum atomic E-state index is -0.351. The first kappa shape index (κ1) is 21.4. The molecule has 0 saturated carbocycles. The van der Waals surface area contributed by atoms with E-state index >= 15 is 0 Å². The summed E-state index contributed by atoms with van der Waals surface area (Å²) >= 11 is 0. The molecule has 5 nitrogen and oxygen atoms in total. The molecule has 1 amide bonds. The average Bonchev–Trinajstić information content (AvgIpc) is 3.22. The van der Waals surface area contributed by atoms with E-state index < -0.39 is 0 Å². The molecule has 0 radical (unpaired) electrons. The van der Waals surface area contributed by atoms with E-state index in [4.69, 9.17) is 10.2 Å². The van der Waals surface area contributed by atoms with E-state index in [1.165, 1.54) is 12.3 Å². The van der Waals surface area contributed by atoms with Crippen LogP contribution >= 0.6 is 24.8 Å². The Bertz CT molecular complexity index is 696. The summed E-state index contributed by atoms with van der Waals surface area (Å²) in [6, 6.07) is 6.38. The Morgan fingerprint density at radius 3 is 2.80 bits per heavy atom. The lowest BCUT2D eigenvalue weighted by molar-refractivity contribution is -0.130. The number of aromatic nitrogens is 1. The van der Waals surface area contributed by atoms with E-state index in [9.17, 15) is 9.18 Å². The highest BCUT2D eigenvalue weighted by Crippen LogP contribution is 2.24. The second-order valence-electron chi connectivity index (χ2n) is 5.83. The third-order valence-electron chi connectivity index (χ3n) is 4.22. The molecule has 1 aliphatic rings. The summed E-state index contributed by atoms with van der Waals surface area (Å²) in [5.74, 6) is 0.984. The zero-order valence-corrected chi connectivity index (χ0v) is 15.3. The lowest BCUT2D eigenvalue weighted by atomic mass is 10.1. The fraction of sp³-hybridized carbons (Fsp3) is 0.412. The van der Waals surface area contributed by atoms with Gasteiger partial charge in [0.05, 0.1) is 11.8 Å². The monoisotopic (exact) mass is 389 g/mol. The van der Waals surface area contributed by atoms with Gasteiger partial charge in [0.1, 0.15) is 5.82 Å². The molecule has 1 aliphatic heterocycles. The number of hydrogen-bond acceptors (Lipinski definition) is 4. The molecule has 8 heteroatoms. The molecule has 1 aromatic carbocycles. The maximum atomic E-state index is 13.7. The van der Waals surface area contributed by atoms with Gasteiger partial charge in [-0.15, -0.1) is 24.8 Å². The van der Waals surface area contributed by atoms with Gasteiger partial charge in [0, 0.05) is 25.9 Å². The van der Waals surface area contributed by atoms with Crippen LogP contribution in [0.4, 0.5) is 4.39 Å². The first-order valence-electron chi connectivity index (χ1n) is 7.85. The molecule has 138 valence electrons. The molecule has 0 spiro atoms. The summed E-state index contributed by atoms with van der Waals surface area (Å²) in [7, 11) is 0. The standard InChI is InChI=1S/C17H20FN3O2.2ClH/c18-14-4-2-1-3-13(14)15-10-20-16(23-15)5-6-17(22)21-8-7-12(9-19)11-21;;/h1-4,10,12H,5-9,11,19H2;2*1H. The van der Waals surface area contributed by atoms with Crippen molar-refractivity contribution in [3.05, 3.63) is 42.2 Å². The van der Waals surface area contributed by atoms with Gasteiger partial charge in [-0.05, 0) is 31.0 Å². The van der Waals surface area contributed by atoms with E-state index in [1.807, 2.05) is 4.90 Å². The molecule has 1 saturated heterocycles. The van der Waals surface area contributed by atoms with Crippen molar-refractivity contribution in [2.75, 3.05) is 19.6 Å². The fourth-order valence-corrected chi connectivity index (χ4v) is 2.83. The number of carbonyl (C=O) groups is 1. The predicted molar refractivity (Wildman–Crippen MR) is 98.5 cm³/mol. The van der Waals surface area contributed by atoms with Gasteiger partial charge in [0.25, 0.3) is 0 Å². The second-order valence-corrected chi connectivity index (χ2v) is 5.83. The number of likely N-dealkylation sites (tertiary alicyclic amines) is 1. The molecular formula is C17H22Cl2FN3O2. The molecule has 1 unspecified atom stereocenters. The highest BCUT2D eigenvalue weighted by Gasteiger charge is 2.25. The van der Waals surface area contributed by atoms with Crippen LogP contribution in [0.15, 0.2) is 34.9 Å². The maximum absolute atomic E-state index is 13.7. The van der Waals surface area contributed by atoms with Crippen LogP contribution in [0.1, 0.15) is 18.7 Å². The lowest BCUT2D eigenvalue weighted by Crippen LogP contribution is -2.30. The number of benzene rings is 1. The number of oxazole rings is 1. The third-order valence-corrected chi connectivity index (χ3v) is 4.22. The maximum Gasteiger partial charge on any atom is 0.223 e. The van der Waals surface area contributed by atoms with Crippen molar-refractivity contribution in [3.8, 4) is 11.3 Å². The Morgan fingerprint density at radius 1 is 1.36 bits per heavy atom. The van der Waals surface area contributed by atoms with Crippen LogP contribution in [0, 0.1) is 11.7 Å². The van der Waals surface area contributed by atoms with E-state index in [2.05, 4.69) is 4.98 Å². The van der Waals surface area contributed by atoms with Crippen molar-refractivity contribution in [1.29, 1.82) is 0 Å². The van der Waals surface area contributed by atoms with E-state index in [-0.39, 0.29) is 36.5 Å². The van der Waals surface area contributed by atoms with Gasteiger partial charge in [0.2, 0.25) is 5.91 Å².